The van der Waals surface area contributed by atoms with E-state index in [-0.39, 0.29) is 23.3 Å². The molecule has 0 atom stereocenters. The number of nitrogens with one attached hydrogen (secondary N) is 2. The largest absolute Gasteiger partial charge is 0.325 e. The summed E-state index contributed by atoms with van der Waals surface area (Å²) in [5.74, 6) is 0.0882. The molecule has 0 fully saturated rings. The average molecular weight is 459 g/mol. The number of halogens is 1. The van der Waals surface area contributed by atoms with Crippen molar-refractivity contribution < 1.29 is 9.59 Å². The van der Waals surface area contributed by atoms with Crippen molar-refractivity contribution >= 4 is 50.9 Å². The first kappa shape index (κ1) is 20.2. The molecule has 0 saturated heterocycles. The molecule has 0 saturated carbocycles. The predicted octanol–water partition coefficient (Wildman–Crippen LogP) is 4.25. The first-order valence-corrected chi connectivity index (χ1v) is 10.5. The van der Waals surface area contributed by atoms with Gasteiger partial charge in [-0.3, -0.25) is 9.59 Å². The predicted molar refractivity (Wildman–Crippen MR) is 117 cm³/mol. The molecule has 0 aliphatic carbocycles. The van der Waals surface area contributed by atoms with Crippen molar-refractivity contribution in [2.24, 2.45) is 0 Å². The van der Waals surface area contributed by atoms with E-state index in [0.717, 1.165) is 21.5 Å². The van der Waals surface area contributed by atoms with Crippen molar-refractivity contribution in [1.29, 1.82) is 0 Å². The van der Waals surface area contributed by atoms with Gasteiger partial charge in [-0.15, -0.1) is 11.8 Å². The summed E-state index contributed by atoms with van der Waals surface area (Å²) in [5, 5.41) is 9.93. The second kappa shape index (κ2) is 9.57. The Bertz CT molecular complexity index is 990. The Hall–Kier alpha value is -2.58. The summed E-state index contributed by atoms with van der Waals surface area (Å²) in [5.41, 5.74) is 3.29. The molecule has 144 valence electrons. The van der Waals surface area contributed by atoms with Crippen LogP contribution in [0.3, 0.4) is 0 Å². The SMILES string of the molecule is Cc1ccnn1-c1cccc(NC(=O)CSCC(=O)Nc2cccc(Br)c2)c1. The number of carbonyl (C=O) groups is 2. The van der Waals surface area contributed by atoms with Gasteiger partial charge >= 0.3 is 0 Å². The first-order valence-electron chi connectivity index (χ1n) is 8.55. The van der Waals surface area contributed by atoms with E-state index in [4.69, 9.17) is 0 Å². The number of nitrogens with zero attached hydrogens (tertiary/aromatic N) is 2. The molecule has 3 rings (SSSR count). The number of rotatable bonds is 7. The fraction of sp³-hybridized carbons (Fsp3) is 0.150. The van der Waals surface area contributed by atoms with Gasteiger partial charge in [-0.25, -0.2) is 4.68 Å². The van der Waals surface area contributed by atoms with Gasteiger partial charge in [0.15, 0.2) is 0 Å². The molecule has 0 spiro atoms. The third-order valence-corrected chi connectivity index (χ3v) is 5.21. The summed E-state index contributed by atoms with van der Waals surface area (Å²) in [6.07, 6.45) is 1.73. The van der Waals surface area contributed by atoms with Gasteiger partial charge in [0.2, 0.25) is 11.8 Å². The van der Waals surface area contributed by atoms with E-state index in [1.54, 1.807) is 10.9 Å². The number of hydrogen-bond acceptors (Lipinski definition) is 4. The standard InChI is InChI=1S/C20H19BrN4O2S/c1-14-8-9-22-25(14)18-7-3-6-17(11-18)24-20(27)13-28-12-19(26)23-16-5-2-4-15(21)10-16/h2-11H,12-13H2,1H3,(H,23,26)(H,24,27). The monoisotopic (exact) mass is 458 g/mol. The molecule has 0 aliphatic heterocycles. The maximum absolute atomic E-state index is 12.2. The Balaban J connectivity index is 1.47. The van der Waals surface area contributed by atoms with E-state index >= 15 is 0 Å². The molecule has 0 bridgehead atoms. The number of anilines is 2. The maximum atomic E-state index is 12.2. The van der Waals surface area contributed by atoms with Crippen molar-refractivity contribution in [3.8, 4) is 5.69 Å². The molecule has 2 aromatic carbocycles. The van der Waals surface area contributed by atoms with Gasteiger partial charge in [-0.05, 0) is 49.4 Å². The summed E-state index contributed by atoms with van der Waals surface area (Å²) >= 11 is 4.63. The molecule has 6 nitrogen and oxygen atoms in total. The van der Waals surface area contributed by atoms with Crippen LogP contribution >= 0.6 is 27.7 Å². The lowest BCUT2D eigenvalue weighted by atomic mass is 10.2. The quantitative estimate of drug-likeness (QED) is 0.554. The second-order valence-electron chi connectivity index (χ2n) is 6.03. The minimum Gasteiger partial charge on any atom is -0.325 e. The molecular formula is C20H19BrN4O2S. The summed E-state index contributed by atoms with van der Waals surface area (Å²) in [6.45, 7) is 1.97. The van der Waals surface area contributed by atoms with E-state index in [9.17, 15) is 9.59 Å². The van der Waals surface area contributed by atoms with E-state index in [0.29, 0.717) is 5.69 Å². The molecule has 0 unspecified atom stereocenters. The van der Waals surface area contributed by atoms with E-state index < -0.39 is 0 Å². The first-order chi connectivity index (χ1) is 13.5. The van der Waals surface area contributed by atoms with Crippen LogP contribution in [-0.4, -0.2) is 33.1 Å². The highest BCUT2D eigenvalue weighted by Crippen LogP contribution is 2.17. The molecule has 2 N–H and O–H groups in total. The fourth-order valence-corrected chi connectivity index (χ4v) is 3.57. The lowest BCUT2D eigenvalue weighted by molar-refractivity contribution is -0.114. The van der Waals surface area contributed by atoms with Gasteiger partial charge < -0.3 is 10.6 Å². The fourth-order valence-electron chi connectivity index (χ4n) is 2.55. The number of aromatic nitrogens is 2. The summed E-state index contributed by atoms with van der Waals surface area (Å²) < 4.78 is 2.70. The zero-order chi connectivity index (χ0) is 19.9. The number of thioether (sulfide) groups is 1. The second-order valence-corrected chi connectivity index (χ2v) is 7.94. The van der Waals surface area contributed by atoms with Gasteiger partial charge in [0.1, 0.15) is 0 Å². The normalized spacial score (nSPS) is 10.5. The van der Waals surface area contributed by atoms with Crippen molar-refractivity contribution in [3.63, 3.8) is 0 Å². The number of carbonyl (C=O) groups excluding carboxylic acids is 2. The lowest BCUT2D eigenvalue weighted by Crippen LogP contribution is -2.18. The highest BCUT2D eigenvalue weighted by molar-refractivity contribution is 9.10. The van der Waals surface area contributed by atoms with E-state index in [1.807, 2.05) is 61.5 Å². The summed E-state index contributed by atoms with van der Waals surface area (Å²) in [4.78, 5) is 24.2. The number of benzene rings is 2. The van der Waals surface area contributed by atoms with Gasteiger partial charge in [-0.2, -0.15) is 5.10 Å². The Morgan fingerprint density at radius 2 is 1.64 bits per heavy atom. The van der Waals surface area contributed by atoms with Crippen LogP contribution in [0, 0.1) is 6.92 Å². The van der Waals surface area contributed by atoms with Crippen molar-refractivity contribution in [1.82, 2.24) is 9.78 Å². The van der Waals surface area contributed by atoms with Crippen LogP contribution < -0.4 is 10.6 Å². The number of amides is 2. The van der Waals surface area contributed by atoms with Gasteiger partial charge in [0.25, 0.3) is 0 Å². The average Bonchev–Trinajstić information content (AvgIpc) is 3.08. The third-order valence-electron chi connectivity index (χ3n) is 3.78. The van der Waals surface area contributed by atoms with Gasteiger partial charge in [-0.1, -0.05) is 28.1 Å². The van der Waals surface area contributed by atoms with Crippen LogP contribution in [0.15, 0.2) is 65.3 Å². The Kier molecular flexibility index (Phi) is 6.89. The van der Waals surface area contributed by atoms with Crippen molar-refractivity contribution in [2.45, 2.75) is 6.92 Å². The van der Waals surface area contributed by atoms with Crippen LogP contribution in [0.5, 0.6) is 0 Å². The lowest BCUT2D eigenvalue weighted by Gasteiger charge is -2.09. The molecule has 28 heavy (non-hydrogen) atoms. The zero-order valence-corrected chi connectivity index (χ0v) is 17.6. The van der Waals surface area contributed by atoms with E-state index in [2.05, 4.69) is 31.7 Å². The molecule has 2 amide bonds. The minimum absolute atomic E-state index is 0.146. The molecule has 1 heterocycles. The Morgan fingerprint density at radius 3 is 2.25 bits per heavy atom. The van der Waals surface area contributed by atoms with Crippen LogP contribution in [-0.2, 0) is 9.59 Å². The topological polar surface area (TPSA) is 76.0 Å². The Labute approximate surface area is 175 Å². The van der Waals surface area contributed by atoms with E-state index in [1.165, 1.54) is 11.8 Å². The highest BCUT2D eigenvalue weighted by Gasteiger charge is 2.08. The molecule has 0 aliphatic rings. The zero-order valence-electron chi connectivity index (χ0n) is 15.2. The summed E-state index contributed by atoms with van der Waals surface area (Å²) in [6, 6.07) is 16.8. The number of aryl methyl sites for hydroxylation is 1. The molecule has 0 radical (unpaired) electrons. The van der Waals surface area contributed by atoms with Gasteiger partial charge in [0.05, 0.1) is 17.2 Å². The third kappa shape index (κ3) is 5.71. The smallest absolute Gasteiger partial charge is 0.234 e. The van der Waals surface area contributed by atoms with Crippen LogP contribution in [0.1, 0.15) is 5.69 Å². The molecule has 8 heteroatoms. The van der Waals surface area contributed by atoms with Crippen molar-refractivity contribution in [2.75, 3.05) is 22.1 Å². The van der Waals surface area contributed by atoms with Crippen LogP contribution in [0.2, 0.25) is 0 Å². The van der Waals surface area contributed by atoms with Crippen molar-refractivity contribution in [3.05, 3.63) is 71.0 Å². The van der Waals surface area contributed by atoms with Crippen LogP contribution in [0.4, 0.5) is 11.4 Å². The Morgan fingerprint density at radius 1 is 1.00 bits per heavy atom. The minimum atomic E-state index is -0.158. The summed E-state index contributed by atoms with van der Waals surface area (Å²) in [7, 11) is 0. The number of hydrogen-bond donors (Lipinski definition) is 2. The van der Waals surface area contributed by atoms with Gasteiger partial charge in [0, 0.05) is 27.7 Å². The molecular weight excluding hydrogens is 440 g/mol. The maximum Gasteiger partial charge on any atom is 0.234 e. The molecule has 3 aromatic rings. The highest BCUT2D eigenvalue weighted by atomic mass is 79.9. The molecule has 1 aromatic heterocycles. The van der Waals surface area contributed by atoms with Crippen LogP contribution in [0.25, 0.3) is 5.69 Å².